The number of halogens is 1. The van der Waals surface area contributed by atoms with Crippen LogP contribution in [-0.2, 0) is 16.1 Å². The minimum absolute atomic E-state index is 0.134. The lowest BCUT2D eigenvalue weighted by Crippen LogP contribution is -2.50. The van der Waals surface area contributed by atoms with Crippen LogP contribution in [0.3, 0.4) is 0 Å². The van der Waals surface area contributed by atoms with Gasteiger partial charge in [-0.3, -0.25) is 9.59 Å². The van der Waals surface area contributed by atoms with Gasteiger partial charge in [0.2, 0.25) is 5.91 Å². The number of amides is 2. The molecule has 0 heterocycles. The quantitative estimate of drug-likeness (QED) is 0.435. The van der Waals surface area contributed by atoms with Crippen molar-refractivity contribution in [2.45, 2.75) is 39.8 Å². The van der Waals surface area contributed by atoms with E-state index < -0.39 is 6.04 Å². The number of benzene rings is 2. The first-order valence-corrected chi connectivity index (χ1v) is 11.5. The van der Waals surface area contributed by atoms with Gasteiger partial charge in [0.15, 0.2) is 6.61 Å². The molecule has 0 saturated heterocycles. The maximum absolute atomic E-state index is 13.1. The fourth-order valence-corrected chi connectivity index (χ4v) is 3.39. The van der Waals surface area contributed by atoms with E-state index in [1.807, 2.05) is 69.3 Å². The van der Waals surface area contributed by atoms with Gasteiger partial charge in [0.1, 0.15) is 17.5 Å². The summed E-state index contributed by atoms with van der Waals surface area (Å²) in [5, 5.41) is 2.96. The summed E-state index contributed by atoms with van der Waals surface area (Å²) >= 11 is 2.22. The Morgan fingerprint density at radius 1 is 1.03 bits per heavy atom. The Kier molecular flexibility index (Phi) is 10.1. The van der Waals surface area contributed by atoms with Gasteiger partial charge in [0.25, 0.3) is 5.91 Å². The fourth-order valence-electron chi connectivity index (χ4n) is 3.03. The molecule has 1 atom stereocenters. The van der Waals surface area contributed by atoms with Gasteiger partial charge in [-0.15, -0.1) is 0 Å². The number of hydrogen-bond acceptors (Lipinski definition) is 4. The van der Waals surface area contributed by atoms with Crippen LogP contribution in [0.25, 0.3) is 0 Å². The molecule has 31 heavy (non-hydrogen) atoms. The van der Waals surface area contributed by atoms with E-state index in [0.717, 1.165) is 14.9 Å². The van der Waals surface area contributed by atoms with Crippen LogP contribution in [0.1, 0.15) is 32.8 Å². The van der Waals surface area contributed by atoms with Crippen molar-refractivity contribution in [3.63, 3.8) is 0 Å². The van der Waals surface area contributed by atoms with E-state index >= 15 is 0 Å². The van der Waals surface area contributed by atoms with E-state index in [9.17, 15) is 9.59 Å². The number of ether oxygens (including phenoxy) is 2. The molecular formula is C24H31IN2O4. The molecule has 0 aliphatic heterocycles. The second-order valence-electron chi connectivity index (χ2n) is 7.68. The monoisotopic (exact) mass is 538 g/mol. The number of carbonyl (C=O) groups excluding carboxylic acids is 2. The van der Waals surface area contributed by atoms with Crippen molar-refractivity contribution in [3.8, 4) is 11.5 Å². The molecule has 6 nitrogen and oxygen atoms in total. The average molecular weight is 538 g/mol. The van der Waals surface area contributed by atoms with Crippen LogP contribution in [0.5, 0.6) is 11.5 Å². The Labute approximate surface area is 198 Å². The van der Waals surface area contributed by atoms with Gasteiger partial charge in [0.05, 0.1) is 7.11 Å². The van der Waals surface area contributed by atoms with Crippen molar-refractivity contribution in [3.05, 3.63) is 57.7 Å². The molecule has 0 aliphatic carbocycles. The summed E-state index contributed by atoms with van der Waals surface area (Å²) in [6.07, 6.45) is 0.509. The van der Waals surface area contributed by atoms with Gasteiger partial charge in [-0.05, 0) is 76.9 Å². The van der Waals surface area contributed by atoms with Crippen LogP contribution < -0.4 is 14.8 Å². The summed E-state index contributed by atoms with van der Waals surface area (Å²) in [5.74, 6) is 1.31. The lowest BCUT2D eigenvalue weighted by molar-refractivity contribution is -0.143. The van der Waals surface area contributed by atoms with Gasteiger partial charge < -0.3 is 19.7 Å². The summed E-state index contributed by atoms with van der Waals surface area (Å²) in [5.41, 5.74) is 0.915. The molecule has 168 valence electrons. The van der Waals surface area contributed by atoms with Crippen LogP contribution >= 0.6 is 22.6 Å². The third-order valence-corrected chi connectivity index (χ3v) is 5.48. The molecule has 0 radical (unpaired) electrons. The minimum atomic E-state index is -0.575. The minimum Gasteiger partial charge on any atom is -0.497 e. The average Bonchev–Trinajstić information content (AvgIpc) is 2.77. The molecule has 0 spiro atoms. The Hall–Kier alpha value is -2.29. The zero-order chi connectivity index (χ0) is 22.8. The maximum atomic E-state index is 13.1. The van der Waals surface area contributed by atoms with Crippen molar-refractivity contribution in [1.82, 2.24) is 10.2 Å². The number of carbonyl (C=O) groups is 2. The number of methoxy groups -OCH3 is 1. The van der Waals surface area contributed by atoms with E-state index in [2.05, 4.69) is 27.9 Å². The molecule has 0 bridgehead atoms. The second-order valence-corrected chi connectivity index (χ2v) is 8.92. The Bertz CT molecular complexity index is 838. The first-order chi connectivity index (χ1) is 14.8. The van der Waals surface area contributed by atoms with Crippen molar-refractivity contribution < 1.29 is 19.1 Å². The zero-order valence-electron chi connectivity index (χ0n) is 18.6. The lowest BCUT2D eigenvalue weighted by Gasteiger charge is -2.31. The van der Waals surface area contributed by atoms with Crippen LogP contribution in [0.15, 0.2) is 48.5 Å². The predicted molar refractivity (Wildman–Crippen MR) is 130 cm³/mol. The molecule has 7 heteroatoms. The molecule has 0 aliphatic rings. The van der Waals surface area contributed by atoms with E-state index in [1.54, 1.807) is 12.0 Å². The SMILES string of the molecule is CCC(C(=O)NCC(C)C)N(Cc1ccc(OC)cc1)C(=O)COc1ccc(I)cc1. The van der Waals surface area contributed by atoms with Crippen molar-refractivity contribution in [1.29, 1.82) is 0 Å². The number of rotatable bonds is 11. The summed E-state index contributed by atoms with van der Waals surface area (Å²) in [6, 6.07) is 14.4. The molecule has 0 aromatic heterocycles. The van der Waals surface area contributed by atoms with Crippen molar-refractivity contribution >= 4 is 34.4 Å². The molecule has 2 rings (SSSR count). The standard InChI is InChI=1S/C24H31IN2O4/c1-5-22(24(29)26-14-17(2)3)27(15-18-6-10-20(30-4)11-7-18)23(28)16-31-21-12-8-19(25)9-13-21/h6-13,17,22H,5,14-16H2,1-4H3,(H,26,29). The maximum Gasteiger partial charge on any atom is 0.261 e. The lowest BCUT2D eigenvalue weighted by atomic mass is 10.1. The first-order valence-electron chi connectivity index (χ1n) is 10.4. The van der Waals surface area contributed by atoms with Crippen LogP contribution in [0.2, 0.25) is 0 Å². The van der Waals surface area contributed by atoms with E-state index in [-0.39, 0.29) is 18.4 Å². The highest BCUT2D eigenvalue weighted by molar-refractivity contribution is 14.1. The highest BCUT2D eigenvalue weighted by atomic mass is 127. The van der Waals surface area contributed by atoms with E-state index in [0.29, 0.717) is 31.2 Å². The molecule has 2 aromatic carbocycles. The molecule has 0 fully saturated rings. The molecule has 2 aromatic rings. The first kappa shape index (κ1) is 25.0. The Balaban J connectivity index is 2.18. The number of nitrogens with one attached hydrogen (secondary N) is 1. The van der Waals surface area contributed by atoms with Gasteiger partial charge in [-0.25, -0.2) is 0 Å². The summed E-state index contributed by atoms with van der Waals surface area (Å²) < 4.78 is 12.0. The second kappa shape index (κ2) is 12.5. The van der Waals surface area contributed by atoms with Crippen LogP contribution in [0, 0.1) is 9.49 Å². The number of hydrogen-bond donors (Lipinski definition) is 1. The van der Waals surface area contributed by atoms with Crippen molar-refractivity contribution in [2.75, 3.05) is 20.3 Å². The highest BCUT2D eigenvalue weighted by Gasteiger charge is 2.29. The molecule has 2 amide bonds. The summed E-state index contributed by atoms with van der Waals surface area (Å²) in [4.78, 5) is 27.6. The Morgan fingerprint density at radius 3 is 2.19 bits per heavy atom. The van der Waals surface area contributed by atoms with Crippen LogP contribution in [0.4, 0.5) is 0 Å². The van der Waals surface area contributed by atoms with Crippen molar-refractivity contribution in [2.24, 2.45) is 5.92 Å². The van der Waals surface area contributed by atoms with E-state index in [1.165, 1.54) is 0 Å². The van der Waals surface area contributed by atoms with Gasteiger partial charge in [-0.2, -0.15) is 0 Å². The number of nitrogens with zero attached hydrogens (tertiary/aromatic N) is 1. The van der Waals surface area contributed by atoms with Gasteiger partial charge in [-0.1, -0.05) is 32.9 Å². The molecule has 0 saturated carbocycles. The van der Waals surface area contributed by atoms with Gasteiger partial charge in [0, 0.05) is 16.7 Å². The fraction of sp³-hybridized carbons (Fsp3) is 0.417. The molecule has 1 unspecified atom stereocenters. The third-order valence-electron chi connectivity index (χ3n) is 4.76. The summed E-state index contributed by atoms with van der Waals surface area (Å²) in [6.45, 7) is 6.73. The predicted octanol–water partition coefficient (Wildman–Crippen LogP) is 4.26. The van der Waals surface area contributed by atoms with E-state index in [4.69, 9.17) is 9.47 Å². The van der Waals surface area contributed by atoms with Crippen LogP contribution in [-0.4, -0.2) is 43.0 Å². The Morgan fingerprint density at radius 2 is 1.65 bits per heavy atom. The highest BCUT2D eigenvalue weighted by Crippen LogP contribution is 2.18. The third kappa shape index (κ3) is 8.05. The zero-order valence-corrected chi connectivity index (χ0v) is 20.7. The molecule has 1 N–H and O–H groups in total. The molecular weight excluding hydrogens is 507 g/mol. The smallest absolute Gasteiger partial charge is 0.261 e. The van der Waals surface area contributed by atoms with Gasteiger partial charge >= 0.3 is 0 Å². The summed E-state index contributed by atoms with van der Waals surface area (Å²) in [7, 11) is 1.61. The topological polar surface area (TPSA) is 67.9 Å². The normalized spacial score (nSPS) is 11.7. The largest absolute Gasteiger partial charge is 0.497 e.